The van der Waals surface area contributed by atoms with Gasteiger partial charge in [-0.1, -0.05) is 10.3 Å². The van der Waals surface area contributed by atoms with Crippen LogP contribution in [-0.2, 0) is 4.84 Å². The second kappa shape index (κ2) is 6.90. The summed E-state index contributed by atoms with van der Waals surface area (Å²) in [5.74, 6) is 0. The number of hydrogen-bond donors (Lipinski definition) is 2. The number of hydrogen-bond acceptors (Lipinski definition) is 5. The Balaban J connectivity index is 3.04. The number of oxime groups is 2. The lowest BCUT2D eigenvalue weighted by Gasteiger charge is -1.89. The number of nitrogens with zero attached hydrogens (tertiary/aromatic N) is 2. The Morgan fingerprint density at radius 3 is 2.78 bits per heavy atom. The van der Waals surface area contributed by atoms with Crippen LogP contribution in [0.4, 0.5) is 0 Å². The summed E-state index contributed by atoms with van der Waals surface area (Å²) in [6.45, 7) is 0.0728. The lowest BCUT2D eigenvalue weighted by atomic mass is 10.8. The van der Waals surface area contributed by atoms with Gasteiger partial charge in [0.25, 0.3) is 0 Å². The summed E-state index contributed by atoms with van der Waals surface area (Å²) >= 11 is 0. The third-order valence-electron chi connectivity index (χ3n) is 0.451. The zero-order chi connectivity index (χ0) is 6.95. The predicted octanol–water partition coefficient (Wildman–Crippen LogP) is -0.559. The lowest BCUT2D eigenvalue weighted by molar-refractivity contribution is 0.1000. The Kier molecular flexibility index (Phi) is 6.06. The predicted molar refractivity (Wildman–Crippen MR) is 31.8 cm³/mol. The average Bonchev–Trinajstić information content (AvgIpc) is 1.89. The molecule has 5 nitrogen and oxygen atoms in total. The molecule has 5 heteroatoms. The summed E-state index contributed by atoms with van der Waals surface area (Å²) in [7, 11) is 0. The second-order valence-electron chi connectivity index (χ2n) is 1.08. The van der Waals surface area contributed by atoms with Gasteiger partial charge in [-0.25, -0.2) is 0 Å². The van der Waals surface area contributed by atoms with Gasteiger partial charge < -0.3 is 15.2 Å². The van der Waals surface area contributed by atoms with Crippen LogP contribution >= 0.6 is 0 Å². The molecule has 52 valence electrons. The molecule has 0 aliphatic heterocycles. The fraction of sp³-hybridized carbons (Fsp3) is 0.500. The molecule has 0 saturated carbocycles. The van der Waals surface area contributed by atoms with E-state index in [1.54, 1.807) is 0 Å². The van der Waals surface area contributed by atoms with Crippen LogP contribution in [0.5, 0.6) is 0 Å². The highest BCUT2D eigenvalue weighted by Crippen LogP contribution is 1.69. The summed E-state index contributed by atoms with van der Waals surface area (Å²) in [6.07, 6.45) is 2.22. The fourth-order valence-corrected chi connectivity index (χ4v) is 0.194. The number of aliphatic hydroxyl groups excluding tert-OH is 1. The van der Waals surface area contributed by atoms with Crippen LogP contribution in [-0.4, -0.2) is 36.0 Å². The van der Waals surface area contributed by atoms with Crippen molar-refractivity contribution in [1.29, 1.82) is 0 Å². The van der Waals surface area contributed by atoms with Crippen molar-refractivity contribution in [1.82, 2.24) is 0 Å². The van der Waals surface area contributed by atoms with Crippen molar-refractivity contribution in [3.05, 3.63) is 0 Å². The monoisotopic (exact) mass is 132 g/mol. The van der Waals surface area contributed by atoms with Crippen LogP contribution in [0, 0.1) is 0 Å². The highest BCUT2D eigenvalue weighted by atomic mass is 16.6. The van der Waals surface area contributed by atoms with Gasteiger partial charge in [0.15, 0.2) is 0 Å². The minimum atomic E-state index is -0.0758. The van der Waals surface area contributed by atoms with E-state index in [2.05, 4.69) is 15.1 Å². The molecular weight excluding hydrogens is 124 g/mol. The molecule has 0 rings (SSSR count). The molecule has 0 spiro atoms. The molecule has 2 N–H and O–H groups in total. The Morgan fingerprint density at radius 2 is 2.22 bits per heavy atom. The van der Waals surface area contributed by atoms with Crippen LogP contribution in [0.25, 0.3) is 0 Å². The minimum Gasteiger partial charge on any atom is -0.411 e. The zero-order valence-electron chi connectivity index (χ0n) is 4.77. The molecule has 0 fully saturated rings. The Labute approximate surface area is 52.2 Å². The molecule has 0 unspecified atom stereocenters. The van der Waals surface area contributed by atoms with Gasteiger partial charge in [0.05, 0.1) is 19.0 Å². The third kappa shape index (κ3) is 6.90. The summed E-state index contributed by atoms with van der Waals surface area (Å²) in [6, 6.07) is 0. The van der Waals surface area contributed by atoms with Gasteiger partial charge >= 0.3 is 0 Å². The van der Waals surface area contributed by atoms with Gasteiger partial charge in [-0.2, -0.15) is 0 Å². The smallest absolute Gasteiger partial charge is 0.140 e. The van der Waals surface area contributed by atoms with Crippen LogP contribution < -0.4 is 0 Å². The van der Waals surface area contributed by atoms with E-state index in [0.717, 1.165) is 12.4 Å². The molecule has 0 aromatic heterocycles. The van der Waals surface area contributed by atoms with Crippen molar-refractivity contribution in [3.8, 4) is 0 Å². The maximum absolute atomic E-state index is 8.14. The van der Waals surface area contributed by atoms with Crippen molar-refractivity contribution in [2.24, 2.45) is 10.3 Å². The number of aliphatic hydroxyl groups is 1. The lowest BCUT2D eigenvalue weighted by Crippen LogP contribution is -1.93. The molecule has 0 saturated heterocycles. The maximum Gasteiger partial charge on any atom is 0.140 e. The molecule has 0 aromatic carbocycles. The van der Waals surface area contributed by atoms with E-state index < -0.39 is 0 Å². The quantitative estimate of drug-likeness (QED) is 0.233. The Bertz CT molecular complexity index is 102. The van der Waals surface area contributed by atoms with E-state index in [9.17, 15) is 0 Å². The van der Waals surface area contributed by atoms with E-state index in [1.165, 1.54) is 0 Å². The molecule has 0 bridgehead atoms. The third-order valence-corrected chi connectivity index (χ3v) is 0.451. The highest BCUT2D eigenvalue weighted by molar-refractivity contribution is 6.15. The summed E-state index contributed by atoms with van der Waals surface area (Å²) in [5.41, 5.74) is 0. The largest absolute Gasteiger partial charge is 0.411 e. The maximum atomic E-state index is 8.14. The first-order valence-electron chi connectivity index (χ1n) is 2.34. The van der Waals surface area contributed by atoms with Gasteiger partial charge in [-0.05, 0) is 0 Å². The fourth-order valence-electron chi connectivity index (χ4n) is 0.194. The highest BCUT2D eigenvalue weighted by Gasteiger charge is 1.74. The van der Waals surface area contributed by atoms with Crippen molar-refractivity contribution in [2.75, 3.05) is 13.2 Å². The first-order valence-corrected chi connectivity index (χ1v) is 2.34. The molecule has 0 radical (unpaired) electrons. The molecule has 0 atom stereocenters. The molecule has 0 aliphatic carbocycles. The Morgan fingerprint density at radius 1 is 1.44 bits per heavy atom. The molecule has 0 heterocycles. The van der Waals surface area contributed by atoms with Gasteiger partial charge in [0, 0.05) is 0 Å². The van der Waals surface area contributed by atoms with Gasteiger partial charge in [-0.3, -0.25) is 0 Å². The normalized spacial score (nSPS) is 11.2. The van der Waals surface area contributed by atoms with E-state index in [0.29, 0.717) is 0 Å². The molecule has 0 amide bonds. The zero-order valence-corrected chi connectivity index (χ0v) is 4.77. The van der Waals surface area contributed by atoms with Gasteiger partial charge in [0.1, 0.15) is 6.61 Å². The van der Waals surface area contributed by atoms with Crippen LogP contribution in [0.1, 0.15) is 0 Å². The van der Waals surface area contributed by atoms with E-state index in [1.807, 2.05) is 0 Å². The standard InChI is InChI=1S/C4H8N2O3/c7-3-4-9-6-2-1-5-8/h1-2,7-8H,3-4H2. The van der Waals surface area contributed by atoms with E-state index in [4.69, 9.17) is 10.3 Å². The SMILES string of the molecule is OCCON=CC=NO. The second-order valence-corrected chi connectivity index (χ2v) is 1.08. The topological polar surface area (TPSA) is 74.4 Å². The van der Waals surface area contributed by atoms with E-state index >= 15 is 0 Å². The van der Waals surface area contributed by atoms with E-state index in [-0.39, 0.29) is 13.2 Å². The first-order chi connectivity index (χ1) is 4.41. The van der Waals surface area contributed by atoms with Gasteiger partial charge in [-0.15, -0.1) is 0 Å². The van der Waals surface area contributed by atoms with Gasteiger partial charge in [0.2, 0.25) is 0 Å². The average molecular weight is 132 g/mol. The summed E-state index contributed by atoms with van der Waals surface area (Å²) in [5, 5.41) is 21.8. The minimum absolute atomic E-state index is 0.0758. The van der Waals surface area contributed by atoms with Crippen LogP contribution in [0.2, 0.25) is 0 Å². The number of rotatable bonds is 4. The van der Waals surface area contributed by atoms with Crippen molar-refractivity contribution < 1.29 is 15.2 Å². The molecule has 0 aliphatic rings. The van der Waals surface area contributed by atoms with Crippen molar-refractivity contribution in [3.63, 3.8) is 0 Å². The summed E-state index contributed by atoms with van der Waals surface area (Å²) < 4.78 is 0. The molecule has 9 heavy (non-hydrogen) atoms. The first kappa shape index (κ1) is 7.90. The molecular formula is C4H8N2O3. The van der Waals surface area contributed by atoms with Crippen molar-refractivity contribution >= 4 is 12.4 Å². The van der Waals surface area contributed by atoms with Crippen molar-refractivity contribution in [2.45, 2.75) is 0 Å². The van der Waals surface area contributed by atoms with Crippen LogP contribution in [0.15, 0.2) is 10.3 Å². The summed E-state index contributed by atoms with van der Waals surface area (Å²) in [4.78, 5) is 4.40. The molecule has 0 aromatic rings. The Hall–Kier alpha value is -1.10. The van der Waals surface area contributed by atoms with Crippen LogP contribution in [0.3, 0.4) is 0 Å².